The van der Waals surface area contributed by atoms with Gasteiger partial charge >= 0.3 is 0 Å². The number of hydrogen-bond acceptors (Lipinski definition) is 3. The van der Waals surface area contributed by atoms with E-state index in [1.807, 2.05) is 29.7 Å². The number of imidazole rings is 1. The first kappa shape index (κ1) is 16.7. The Morgan fingerprint density at radius 3 is 2.89 bits per heavy atom. The zero-order chi connectivity index (χ0) is 11.5. The highest BCUT2D eigenvalue weighted by Crippen LogP contribution is 2.07. The highest BCUT2D eigenvalue weighted by atomic mass is 35.5. The molecule has 2 aromatic heterocycles. The summed E-state index contributed by atoms with van der Waals surface area (Å²) in [6.07, 6.45) is 3.60. The molecule has 0 spiro atoms. The number of hydrogen-bond donors (Lipinski definition) is 2. The van der Waals surface area contributed by atoms with Crippen LogP contribution in [0, 0.1) is 6.92 Å². The van der Waals surface area contributed by atoms with Gasteiger partial charge in [0.05, 0.1) is 0 Å². The fourth-order valence-corrected chi connectivity index (χ4v) is 1.47. The molecule has 100 valence electrons. The molecule has 0 radical (unpaired) electrons. The Hall–Kier alpha value is -1.30. The van der Waals surface area contributed by atoms with Crippen molar-refractivity contribution in [2.75, 3.05) is 13.1 Å². The molecule has 1 amide bonds. The van der Waals surface area contributed by atoms with Gasteiger partial charge in [-0.3, -0.25) is 4.79 Å². The maximum Gasteiger partial charge on any atom is 0.271 e. The fourth-order valence-electron chi connectivity index (χ4n) is 1.47. The number of rotatable bonds is 3. The molecule has 0 aliphatic rings. The summed E-state index contributed by atoms with van der Waals surface area (Å²) in [6.45, 7) is 2.88. The molecule has 7 heteroatoms. The topological polar surface area (TPSA) is 72.4 Å². The zero-order valence-electron chi connectivity index (χ0n) is 9.92. The largest absolute Gasteiger partial charge is 0.349 e. The van der Waals surface area contributed by atoms with E-state index in [-0.39, 0.29) is 30.7 Å². The molecule has 0 aliphatic heterocycles. The summed E-state index contributed by atoms with van der Waals surface area (Å²) in [5.74, 6) is -0.188. The van der Waals surface area contributed by atoms with Crippen molar-refractivity contribution in [1.82, 2.24) is 14.7 Å². The molecule has 0 atom stereocenters. The van der Waals surface area contributed by atoms with Crippen molar-refractivity contribution in [2.45, 2.75) is 6.92 Å². The number of carbonyl (C=O) groups is 1. The highest BCUT2D eigenvalue weighted by molar-refractivity contribution is 5.92. The molecule has 3 N–H and O–H groups in total. The average molecular weight is 291 g/mol. The minimum absolute atomic E-state index is 0. The van der Waals surface area contributed by atoms with E-state index in [1.165, 1.54) is 0 Å². The van der Waals surface area contributed by atoms with Gasteiger partial charge in [-0.05, 0) is 24.6 Å². The molecule has 2 heterocycles. The highest BCUT2D eigenvalue weighted by Gasteiger charge is 2.09. The Morgan fingerprint density at radius 1 is 1.50 bits per heavy atom. The number of aryl methyl sites for hydroxylation is 1. The van der Waals surface area contributed by atoms with Gasteiger partial charge in [-0.15, -0.1) is 24.8 Å². The second kappa shape index (κ2) is 7.20. The molecular weight excluding hydrogens is 275 g/mol. The van der Waals surface area contributed by atoms with Gasteiger partial charge in [0, 0.05) is 25.5 Å². The second-order valence-electron chi connectivity index (χ2n) is 3.64. The van der Waals surface area contributed by atoms with Crippen molar-refractivity contribution in [1.29, 1.82) is 0 Å². The third-order valence-corrected chi connectivity index (χ3v) is 2.28. The van der Waals surface area contributed by atoms with Crippen LogP contribution in [0.3, 0.4) is 0 Å². The smallest absolute Gasteiger partial charge is 0.271 e. The van der Waals surface area contributed by atoms with Crippen LogP contribution in [-0.4, -0.2) is 28.4 Å². The number of aromatic nitrogens is 2. The number of fused-ring (bicyclic) bond motifs is 1. The molecule has 0 aliphatic carbocycles. The lowest BCUT2D eigenvalue weighted by Crippen LogP contribution is -2.29. The quantitative estimate of drug-likeness (QED) is 0.891. The van der Waals surface area contributed by atoms with Gasteiger partial charge in [-0.1, -0.05) is 0 Å². The van der Waals surface area contributed by atoms with E-state index in [1.54, 1.807) is 6.20 Å². The molecule has 0 fully saturated rings. The molecule has 0 saturated carbocycles. The lowest BCUT2D eigenvalue weighted by atomic mass is 10.3. The minimum atomic E-state index is -0.188. The van der Waals surface area contributed by atoms with Gasteiger partial charge in [-0.2, -0.15) is 0 Å². The molecule has 0 unspecified atom stereocenters. The van der Waals surface area contributed by atoms with Gasteiger partial charge in [0.2, 0.25) is 0 Å². The van der Waals surface area contributed by atoms with Crippen LogP contribution in [0.5, 0.6) is 0 Å². The van der Waals surface area contributed by atoms with E-state index < -0.39 is 0 Å². The number of carbonyl (C=O) groups excluding carboxylic acids is 1. The first-order valence-corrected chi connectivity index (χ1v) is 5.14. The Bertz CT molecular complexity index is 527. The molecule has 5 nitrogen and oxygen atoms in total. The Morgan fingerprint density at radius 2 is 2.22 bits per heavy atom. The van der Waals surface area contributed by atoms with Crippen LogP contribution in [0.2, 0.25) is 0 Å². The summed E-state index contributed by atoms with van der Waals surface area (Å²) in [6, 6.07) is 3.90. The molecule has 0 saturated heterocycles. The van der Waals surface area contributed by atoms with Crippen molar-refractivity contribution in [2.24, 2.45) is 5.73 Å². The van der Waals surface area contributed by atoms with Crippen molar-refractivity contribution >= 4 is 36.4 Å². The van der Waals surface area contributed by atoms with Gasteiger partial charge in [-0.25, -0.2) is 4.98 Å². The van der Waals surface area contributed by atoms with Crippen molar-refractivity contribution in [3.63, 3.8) is 0 Å². The Kier molecular flexibility index (Phi) is 6.68. The van der Waals surface area contributed by atoms with Gasteiger partial charge in [0.1, 0.15) is 11.3 Å². The molecule has 2 rings (SSSR count). The lowest BCUT2D eigenvalue weighted by molar-refractivity contribution is 0.0950. The van der Waals surface area contributed by atoms with E-state index >= 15 is 0 Å². The minimum Gasteiger partial charge on any atom is -0.349 e. The first-order chi connectivity index (χ1) is 7.70. The third-order valence-electron chi connectivity index (χ3n) is 2.28. The van der Waals surface area contributed by atoms with Crippen LogP contribution >= 0.6 is 24.8 Å². The fraction of sp³-hybridized carbons (Fsp3) is 0.273. The van der Waals surface area contributed by atoms with E-state index in [2.05, 4.69) is 10.3 Å². The average Bonchev–Trinajstić information content (AvgIpc) is 2.68. The molecule has 2 aromatic rings. The summed E-state index contributed by atoms with van der Waals surface area (Å²) in [5, 5.41) is 2.68. The van der Waals surface area contributed by atoms with Crippen LogP contribution in [0.15, 0.2) is 24.5 Å². The van der Waals surface area contributed by atoms with Crippen LogP contribution in [0.4, 0.5) is 0 Å². The molecule has 0 bridgehead atoms. The summed E-state index contributed by atoms with van der Waals surface area (Å²) in [7, 11) is 0. The van der Waals surface area contributed by atoms with Crippen molar-refractivity contribution in [3.05, 3.63) is 35.8 Å². The van der Waals surface area contributed by atoms with E-state index in [9.17, 15) is 4.79 Å². The number of nitrogens with two attached hydrogens (primary N) is 1. The van der Waals surface area contributed by atoms with Gasteiger partial charge in [0.25, 0.3) is 5.91 Å². The standard InChI is InChI=1S/C11H14N4O.2ClH/c1-8-2-5-15-7-9(14-10(15)6-8)11(16)13-4-3-12;;/h2,5-7H,3-4,12H2,1H3,(H,13,16);2*1H. The van der Waals surface area contributed by atoms with Crippen LogP contribution in [-0.2, 0) is 0 Å². The Labute approximate surface area is 118 Å². The second-order valence-corrected chi connectivity index (χ2v) is 3.64. The predicted molar refractivity (Wildman–Crippen MR) is 75.8 cm³/mol. The third kappa shape index (κ3) is 3.60. The zero-order valence-corrected chi connectivity index (χ0v) is 11.6. The number of nitrogens with one attached hydrogen (secondary N) is 1. The van der Waals surface area contributed by atoms with Crippen LogP contribution in [0.25, 0.3) is 5.65 Å². The maximum absolute atomic E-state index is 11.6. The lowest BCUT2D eigenvalue weighted by Gasteiger charge is -1.98. The summed E-state index contributed by atoms with van der Waals surface area (Å²) in [5.41, 5.74) is 7.62. The van der Waals surface area contributed by atoms with Crippen molar-refractivity contribution < 1.29 is 4.79 Å². The molecule has 18 heavy (non-hydrogen) atoms. The summed E-state index contributed by atoms with van der Waals surface area (Å²) in [4.78, 5) is 15.9. The van der Waals surface area contributed by atoms with Crippen LogP contribution in [0.1, 0.15) is 16.1 Å². The number of pyridine rings is 1. The van der Waals surface area contributed by atoms with Gasteiger partial charge in [0.15, 0.2) is 0 Å². The predicted octanol–water partition coefficient (Wildman–Crippen LogP) is 1.17. The molecular formula is C11H16Cl2N4O. The Balaban J connectivity index is 0.00000144. The van der Waals surface area contributed by atoms with E-state index in [0.29, 0.717) is 18.8 Å². The van der Waals surface area contributed by atoms with Crippen LogP contribution < -0.4 is 11.1 Å². The summed E-state index contributed by atoms with van der Waals surface area (Å²) >= 11 is 0. The van der Waals surface area contributed by atoms with E-state index in [4.69, 9.17) is 5.73 Å². The van der Waals surface area contributed by atoms with Crippen molar-refractivity contribution in [3.8, 4) is 0 Å². The monoisotopic (exact) mass is 290 g/mol. The normalized spacial score (nSPS) is 9.44. The van der Waals surface area contributed by atoms with Gasteiger partial charge < -0.3 is 15.5 Å². The van der Waals surface area contributed by atoms with E-state index in [0.717, 1.165) is 11.2 Å². The SMILES string of the molecule is Cc1ccn2cc(C(=O)NCCN)nc2c1.Cl.Cl. The number of halogens is 2. The molecule has 0 aromatic carbocycles. The summed E-state index contributed by atoms with van der Waals surface area (Å²) < 4.78 is 1.82. The first-order valence-electron chi connectivity index (χ1n) is 5.14. The maximum atomic E-state index is 11.6. The number of nitrogens with zero attached hydrogens (tertiary/aromatic N) is 2. The number of amides is 1.